The van der Waals surface area contributed by atoms with Gasteiger partial charge in [0.25, 0.3) is 0 Å². The van der Waals surface area contributed by atoms with Crippen molar-refractivity contribution in [1.82, 2.24) is 0 Å². The molecule has 6 heteroatoms. The summed E-state index contributed by atoms with van der Waals surface area (Å²) in [4.78, 5) is 0. The SMILES string of the molecule is OC[C@@H](O)[C@]1(O)C[C@](O)(CO)[C@H]1O. The normalized spacial score (nSPS) is 47.1. The Kier molecular flexibility index (Phi) is 2.63. The first-order valence-corrected chi connectivity index (χ1v) is 3.93. The number of aliphatic hydroxyl groups excluding tert-OH is 4. The van der Waals surface area contributed by atoms with E-state index >= 15 is 0 Å². The molecule has 0 aromatic rings. The third kappa shape index (κ3) is 1.35. The molecular weight excluding hydrogens is 180 g/mol. The van der Waals surface area contributed by atoms with Crippen LogP contribution in [0.4, 0.5) is 0 Å². The molecule has 0 spiro atoms. The third-order valence-corrected chi connectivity index (χ3v) is 2.60. The molecule has 0 radical (unpaired) electrons. The van der Waals surface area contributed by atoms with E-state index in [4.69, 9.17) is 15.3 Å². The highest BCUT2D eigenvalue weighted by atomic mass is 16.4. The summed E-state index contributed by atoms with van der Waals surface area (Å²) in [5, 5.41) is 54.3. The summed E-state index contributed by atoms with van der Waals surface area (Å²) in [6.45, 7) is -1.41. The van der Waals surface area contributed by atoms with Crippen molar-refractivity contribution >= 4 is 0 Å². The quantitative estimate of drug-likeness (QED) is 0.278. The lowest BCUT2D eigenvalue weighted by Crippen LogP contribution is -2.76. The summed E-state index contributed by atoms with van der Waals surface area (Å²) in [6, 6.07) is 0. The van der Waals surface area contributed by atoms with Crippen LogP contribution in [-0.4, -0.2) is 67.3 Å². The average molecular weight is 194 g/mol. The van der Waals surface area contributed by atoms with Crippen molar-refractivity contribution in [2.45, 2.75) is 29.8 Å². The molecule has 0 aliphatic heterocycles. The molecule has 1 aliphatic rings. The first-order chi connectivity index (χ1) is 5.90. The number of aliphatic hydroxyl groups is 6. The van der Waals surface area contributed by atoms with Crippen LogP contribution in [-0.2, 0) is 0 Å². The highest BCUT2D eigenvalue weighted by molar-refractivity contribution is 5.16. The summed E-state index contributed by atoms with van der Waals surface area (Å²) in [5.41, 5.74) is -3.70. The highest BCUT2D eigenvalue weighted by Gasteiger charge is 2.64. The summed E-state index contributed by atoms with van der Waals surface area (Å²) in [5.74, 6) is 0. The van der Waals surface area contributed by atoms with Crippen LogP contribution in [0.25, 0.3) is 0 Å². The molecule has 1 rings (SSSR count). The Morgan fingerprint density at radius 2 is 1.85 bits per heavy atom. The van der Waals surface area contributed by atoms with Crippen molar-refractivity contribution in [1.29, 1.82) is 0 Å². The van der Waals surface area contributed by atoms with Gasteiger partial charge < -0.3 is 30.6 Å². The zero-order valence-electron chi connectivity index (χ0n) is 6.96. The Balaban J connectivity index is 2.69. The van der Waals surface area contributed by atoms with Gasteiger partial charge in [-0.15, -0.1) is 0 Å². The monoisotopic (exact) mass is 194 g/mol. The number of rotatable bonds is 3. The van der Waals surface area contributed by atoms with Gasteiger partial charge in [-0.25, -0.2) is 0 Å². The standard InChI is InChI=1S/C7H14O6/c8-1-4(10)7(13)2-6(12,3-9)5(7)11/h4-5,8-13H,1-3H2/t4-,5-,6+,7-/m1/s1. The predicted molar refractivity (Wildman–Crippen MR) is 40.7 cm³/mol. The molecule has 1 aliphatic carbocycles. The lowest BCUT2D eigenvalue weighted by atomic mass is 9.62. The van der Waals surface area contributed by atoms with Crippen molar-refractivity contribution in [3.05, 3.63) is 0 Å². The van der Waals surface area contributed by atoms with E-state index in [0.717, 1.165) is 0 Å². The molecule has 4 atom stereocenters. The zero-order valence-corrected chi connectivity index (χ0v) is 6.96. The van der Waals surface area contributed by atoms with Crippen LogP contribution < -0.4 is 0 Å². The summed E-state index contributed by atoms with van der Waals surface area (Å²) < 4.78 is 0. The molecule has 6 N–H and O–H groups in total. The van der Waals surface area contributed by atoms with Crippen LogP contribution in [0, 0.1) is 0 Å². The van der Waals surface area contributed by atoms with Gasteiger partial charge in [-0.3, -0.25) is 0 Å². The van der Waals surface area contributed by atoms with Gasteiger partial charge in [-0.1, -0.05) is 0 Å². The topological polar surface area (TPSA) is 121 Å². The molecule has 6 nitrogen and oxygen atoms in total. The fraction of sp³-hybridized carbons (Fsp3) is 1.00. The lowest BCUT2D eigenvalue weighted by molar-refractivity contribution is -0.310. The van der Waals surface area contributed by atoms with Crippen LogP contribution in [0.1, 0.15) is 6.42 Å². The molecule has 0 aromatic heterocycles. The van der Waals surface area contributed by atoms with E-state index in [1.165, 1.54) is 0 Å². The third-order valence-electron chi connectivity index (χ3n) is 2.60. The van der Waals surface area contributed by atoms with E-state index in [2.05, 4.69) is 0 Å². The molecule has 78 valence electrons. The van der Waals surface area contributed by atoms with Gasteiger partial charge in [-0.05, 0) is 0 Å². The molecule has 0 bridgehead atoms. The number of hydrogen-bond acceptors (Lipinski definition) is 6. The van der Waals surface area contributed by atoms with Crippen LogP contribution in [0.15, 0.2) is 0 Å². The second-order valence-corrected chi connectivity index (χ2v) is 3.53. The molecular formula is C7H14O6. The number of hydrogen-bond donors (Lipinski definition) is 6. The Bertz CT molecular complexity index is 197. The fourth-order valence-corrected chi connectivity index (χ4v) is 1.62. The van der Waals surface area contributed by atoms with Crippen molar-refractivity contribution in [3.63, 3.8) is 0 Å². The maximum absolute atomic E-state index is 9.48. The van der Waals surface area contributed by atoms with Crippen molar-refractivity contribution in [2.24, 2.45) is 0 Å². The van der Waals surface area contributed by atoms with Gasteiger partial charge in [0.2, 0.25) is 0 Å². The summed E-state index contributed by atoms with van der Waals surface area (Å²) in [7, 11) is 0. The van der Waals surface area contributed by atoms with Crippen molar-refractivity contribution in [3.8, 4) is 0 Å². The minimum absolute atomic E-state index is 0.362. The maximum atomic E-state index is 9.48. The van der Waals surface area contributed by atoms with Gasteiger partial charge in [-0.2, -0.15) is 0 Å². The minimum atomic E-state index is -1.92. The Morgan fingerprint density at radius 3 is 2.15 bits per heavy atom. The Morgan fingerprint density at radius 1 is 1.31 bits per heavy atom. The van der Waals surface area contributed by atoms with Gasteiger partial charge in [0, 0.05) is 6.42 Å². The summed E-state index contributed by atoms with van der Waals surface area (Å²) in [6.07, 6.45) is -3.53. The van der Waals surface area contributed by atoms with Gasteiger partial charge in [0.05, 0.1) is 13.2 Å². The molecule has 1 saturated carbocycles. The zero-order chi connectivity index (χ0) is 10.3. The van der Waals surface area contributed by atoms with E-state index in [1.54, 1.807) is 0 Å². The van der Waals surface area contributed by atoms with E-state index in [9.17, 15) is 15.3 Å². The van der Waals surface area contributed by atoms with E-state index in [0.29, 0.717) is 0 Å². The highest BCUT2D eigenvalue weighted by Crippen LogP contribution is 2.43. The van der Waals surface area contributed by atoms with Crippen LogP contribution >= 0.6 is 0 Å². The Hall–Kier alpha value is -0.240. The van der Waals surface area contributed by atoms with Crippen molar-refractivity contribution in [2.75, 3.05) is 13.2 Å². The lowest BCUT2D eigenvalue weighted by Gasteiger charge is -2.55. The second-order valence-electron chi connectivity index (χ2n) is 3.53. The largest absolute Gasteiger partial charge is 0.394 e. The van der Waals surface area contributed by atoms with E-state index in [-0.39, 0.29) is 6.42 Å². The molecule has 0 amide bonds. The first-order valence-electron chi connectivity index (χ1n) is 3.93. The molecule has 13 heavy (non-hydrogen) atoms. The fourth-order valence-electron chi connectivity index (χ4n) is 1.62. The average Bonchev–Trinajstić information content (AvgIpc) is 2.15. The predicted octanol–water partition coefficient (Wildman–Crippen LogP) is -3.44. The van der Waals surface area contributed by atoms with Gasteiger partial charge in [0.15, 0.2) is 0 Å². The molecule has 0 unspecified atom stereocenters. The van der Waals surface area contributed by atoms with Crippen LogP contribution in [0.5, 0.6) is 0 Å². The van der Waals surface area contributed by atoms with Gasteiger partial charge in [0.1, 0.15) is 23.4 Å². The van der Waals surface area contributed by atoms with E-state index in [1.807, 2.05) is 0 Å². The van der Waals surface area contributed by atoms with Gasteiger partial charge >= 0.3 is 0 Å². The van der Waals surface area contributed by atoms with E-state index < -0.39 is 36.6 Å². The maximum Gasteiger partial charge on any atom is 0.124 e. The minimum Gasteiger partial charge on any atom is -0.394 e. The van der Waals surface area contributed by atoms with Crippen LogP contribution in [0.3, 0.4) is 0 Å². The second kappa shape index (κ2) is 3.16. The first kappa shape index (κ1) is 10.8. The van der Waals surface area contributed by atoms with Crippen LogP contribution in [0.2, 0.25) is 0 Å². The molecule has 1 fully saturated rings. The Labute approximate surface area is 74.7 Å². The summed E-state index contributed by atoms with van der Waals surface area (Å²) >= 11 is 0. The molecule has 0 heterocycles. The smallest absolute Gasteiger partial charge is 0.124 e. The molecule has 0 saturated heterocycles. The molecule has 0 aromatic carbocycles. The van der Waals surface area contributed by atoms with Crippen molar-refractivity contribution < 1.29 is 30.6 Å².